The first kappa shape index (κ1) is 11.8. The van der Waals surface area contributed by atoms with E-state index in [1.165, 1.54) is 7.11 Å². The van der Waals surface area contributed by atoms with E-state index in [1.807, 2.05) is 25.1 Å². The number of esters is 1. The lowest BCUT2D eigenvalue weighted by Gasteiger charge is -2.02. The number of benzene rings is 1. The second-order valence-corrected chi connectivity index (χ2v) is 4.52. The van der Waals surface area contributed by atoms with Crippen molar-refractivity contribution in [1.29, 1.82) is 0 Å². The number of rotatable bonds is 2. The highest BCUT2D eigenvalue weighted by Crippen LogP contribution is 2.33. The summed E-state index contributed by atoms with van der Waals surface area (Å²) < 4.78 is 15.4. The highest BCUT2D eigenvalue weighted by Gasteiger charge is 2.20. The summed E-state index contributed by atoms with van der Waals surface area (Å²) in [6, 6.07) is 7.38. The van der Waals surface area contributed by atoms with Crippen LogP contribution in [0.5, 0.6) is 5.75 Å². The van der Waals surface area contributed by atoms with Crippen LogP contribution in [0.2, 0.25) is 0 Å². The average molecular weight is 259 g/mol. The molecular formula is C14H13NO4. The van der Waals surface area contributed by atoms with E-state index in [4.69, 9.17) is 9.26 Å². The maximum Gasteiger partial charge on any atom is 0.360 e. The highest BCUT2D eigenvalue weighted by atomic mass is 16.5. The Balaban J connectivity index is 1.93. The van der Waals surface area contributed by atoms with E-state index < -0.39 is 5.97 Å². The number of nitrogens with zero attached hydrogens (tertiary/aromatic N) is 1. The summed E-state index contributed by atoms with van der Waals surface area (Å²) in [5.74, 6) is 0.944. The quantitative estimate of drug-likeness (QED) is 0.775. The maximum absolute atomic E-state index is 11.3. The molecule has 1 aliphatic heterocycles. The normalized spacial score (nSPS) is 16.8. The van der Waals surface area contributed by atoms with Crippen molar-refractivity contribution in [3.05, 3.63) is 35.5 Å². The monoisotopic (exact) mass is 259 g/mol. The first-order valence-corrected chi connectivity index (χ1v) is 6.02. The summed E-state index contributed by atoms with van der Waals surface area (Å²) >= 11 is 0. The second kappa shape index (κ2) is 4.42. The number of aromatic nitrogens is 1. The molecule has 0 bridgehead atoms. The van der Waals surface area contributed by atoms with Gasteiger partial charge in [-0.2, -0.15) is 0 Å². The summed E-state index contributed by atoms with van der Waals surface area (Å²) in [7, 11) is 1.31. The predicted octanol–water partition coefficient (Wildman–Crippen LogP) is 2.45. The minimum absolute atomic E-state index is 0.169. The molecule has 5 nitrogen and oxygen atoms in total. The summed E-state index contributed by atoms with van der Waals surface area (Å²) in [5.41, 5.74) is 2.18. The zero-order chi connectivity index (χ0) is 13.4. The molecule has 0 radical (unpaired) electrons. The molecule has 3 rings (SSSR count). The minimum Gasteiger partial charge on any atom is -0.490 e. The smallest absolute Gasteiger partial charge is 0.360 e. The Morgan fingerprint density at radius 3 is 3.05 bits per heavy atom. The summed E-state index contributed by atoms with van der Waals surface area (Å²) in [4.78, 5) is 11.3. The molecule has 0 amide bonds. The topological polar surface area (TPSA) is 61.6 Å². The van der Waals surface area contributed by atoms with E-state index in [0.717, 1.165) is 23.3 Å². The minimum atomic E-state index is -0.506. The zero-order valence-corrected chi connectivity index (χ0v) is 10.7. The number of carbonyl (C=O) groups excluding carboxylic acids is 1. The van der Waals surface area contributed by atoms with Crippen molar-refractivity contribution in [3.8, 4) is 17.1 Å². The van der Waals surface area contributed by atoms with E-state index in [9.17, 15) is 4.79 Å². The van der Waals surface area contributed by atoms with Crippen LogP contribution in [0.25, 0.3) is 11.3 Å². The van der Waals surface area contributed by atoms with Crippen LogP contribution in [0, 0.1) is 0 Å². The van der Waals surface area contributed by atoms with Crippen molar-refractivity contribution >= 4 is 5.97 Å². The maximum atomic E-state index is 11.3. The number of ether oxygens (including phenoxy) is 2. The SMILES string of the molecule is COC(=O)c1cc(-c2ccc3c(c2)CC(C)O3)on1. The molecule has 0 aliphatic carbocycles. The van der Waals surface area contributed by atoms with E-state index in [0.29, 0.717) is 5.76 Å². The second-order valence-electron chi connectivity index (χ2n) is 4.52. The average Bonchev–Trinajstić information content (AvgIpc) is 3.01. The van der Waals surface area contributed by atoms with Crippen molar-refractivity contribution in [2.75, 3.05) is 7.11 Å². The molecule has 0 spiro atoms. The standard InChI is InChI=1S/C14H13NO4/c1-8-5-10-6-9(3-4-12(10)18-8)13-7-11(15-19-13)14(16)17-2/h3-4,6-8H,5H2,1-2H3. The molecule has 0 fully saturated rings. The molecule has 19 heavy (non-hydrogen) atoms. The molecule has 1 unspecified atom stereocenters. The summed E-state index contributed by atoms with van der Waals surface area (Å²) in [6.45, 7) is 2.03. The van der Waals surface area contributed by atoms with Gasteiger partial charge in [-0.05, 0) is 30.7 Å². The molecule has 0 N–H and O–H groups in total. The molecule has 1 atom stereocenters. The molecule has 98 valence electrons. The van der Waals surface area contributed by atoms with Gasteiger partial charge in [0.05, 0.1) is 7.11 Å². The Morgan fingerprint density at radius 1 is 1.42 bits per heavy atom. The molecule has 0 saturated carbocycles. The van der Waals surface area contributed by atoms with Crippen LogP contribution in [0.15, 0.2) is 28.8 Å². The lowest BCUT2D eigenvalue weighted by Crippen LogP contribution is -2.05. The van der Waals surface area contributed by atoms with Gasteiger partial charge >= 0.3 is 5.97 Å². The third kappa shape index (κ3) is 2.07. The van der Waals surface area contributed by atoms with Gasteiger partial charge in [0, 0.05) is 18.1 Å². The largest absolute Gasteiger partial charge is 0.490 e. The Kier molecular flexibility index (Phi) is 2.74. The van der Waals surface area contributed by atoms with Gasteiger partial charge in [0.25, 0.3) is 0 Å². The van der Waals surface area contributed by atoms with Crippen molar-refractivity contribution in [2.45, 2.75) is 19.4 Å². The van der Waals surface area contributed by atoms with Crippen molar-refractivity contribution in [2.24, 2.45) is 0 Å². The van der Waals surface area contributed by atoms with Crippen LogP contribution in [-0.2, 0) is 11.2 Å². The number of fused-ring (bicyclic) bond motifs is 1. The van der Waals surface area contributed by atoms with Crippen LogP contribution in [-0.4, -0.2) is 24.3 Å². The number of methoxy groups -OCH3 is 1. The third-order valence-electron chi connectivity index (χ3n) is 3.09. The lowest BCUT2D eigenvalue weighted by molar-refractivity contribution is 0.0589. The predicted molar refractivity (Wildman–Crippen MR) is 67.1 cm³/mol. The molecule has 1 aromatic carbocycles. The number of hydrogen-bond donors (Lipinski definition) is 0. The van der Waals surface area contributed by atoms with Crippen LogP contribution < -0.4 is 4.74 Å². The van der Waals surface area contributed by atoms with Gasteiger partial charge in [0.1, 0.15) is 11.9 Å². The van der Waals surface area contributed by atoms with E-state index in [1.54, 1.807) is 6.07 Å². The Hall–Kier alpha value is -2.30. The fraction of sp³-hybridized carbons (Fsp3) is 0.286. The molecule has 1 aliphatic rings. The zero-order valence-electron chi connectivity index (χ0n) is 10.7. The first-order valence-electron chi connectivity index (χ1n) is 6.02. The van der Waals surface area contributed by atoms with Crippen molar-refractivity contribution < 1.29 is 18.8 Å². The van der Waals surface area contributed by atoms with Gasteiger partial charge in [0.15, 0.2) is 11.5 Å². The van der Waals surface area contributed by atoms with Gasteiger partial charge in [0.2, 0.25) is 0 Å². The highest BCUT2D eigenvalue weighted by molar-refractivity contribution is 5.88. The van der Waals surface area contributed by atoms with Gasteiger partial charge in [-0.3, -0.25) is 0 Å². The molecule has 2 aromatic rings. The van der Waals surface area contributed by atoms with Gasteiger partial charge in [-0.1, -0.05) is 5.16 Å². The number of hydrogen-bond acceptors (Lipinski definition) is 5. The fourth-order valence-electron chi connectivity index (χ4n) is 2.19. The molecule has 0 saturated heterocycles. The van der Waals surface area contributed by atoms with E-state index in [2.05, 4.69) is 9.89 Å². The van der Waals surface area contributed by atoms with Crippen LogP contribution in [0.4, 0.5) is 0 Å². The van der Waals surface area contributed by atoms with Crippen LogP contribution in [0.1, 0.15) is 23.0 Å². The first-order chi connectivity index (χ1) is 9.17. The van der Waals surface area contributed by atoms with Gasteiger partial charge in [-0.25, -0.2) is 4.79 Å². The van der Waals surface area contributed by atoms with Crippen LogP contribution in [0.3, 0.4) is 0 Å². The van der Waals surface area contributed by atoms with E-state index >= 15 is 0 Å². The van der Waals surface area contributed by atoms with Crippen LogP contribution >= 0.6 is 0 Å². The molecule has 2 heterocycles. The lowest BCUT2D eigenvalue weighted by atomic mass is 10.1. The fourth-order valence-corrected chi connectivity index (χ4v) is 2.19. The van der Waals surface area contributed by atoms with E-state index in [-0.39, 0.29) is 11.8 Å². The van der Waals surface area contributed by atoms with Crippen molar-refractivity contribution in [1.82, 2.24) is 5.16 Å². The summed E-state index contributed by atoms with van der Waals surface area (Å²) in [6.07, 6.45) is 1.08. The Morgan fingerprint density at radius 2 is 2.26 bits per heavy atom. The Bertz CT molecular complexity index is 632. The number of carbonyl (C=O) groups is 1. The van der Waals surface area contributed by atoms with Gasteiger partial charge < -0.3 is 14.0 Å². The Labute approximate surface area is 110 Å². The molecule has 1 aromatic heterocycles. The van der Waals surface area contributed by atoms with Gasteiger partial charge in [-0.15, -0.1) is 0 Å². The summed E-state index contributed by atoms with van der Waals surface area (Å²) in [5, 5.41) is 3.69. The third-order valence-corrected chi connectivity index (χ3v) is 3.09. The molecular weight excluding hydrogens is 246 g/mol. The van der Waals surface area contributed by atoms with Crippen molar-refractivity contribution in [3.63, 3.8) is 0 Å². The molecule has 5 heteroatoms.